The molecule has 1 unspecified atom stereocenters. The summed E-state index contributed by atoms with van der Waals surface area (Å²) in [6, 6.07) is 6.97. The predicted molar refractivity (Wildman–Crippen MR) is 82.8 cm³/mol. The number of benzene rings is 1. The summed E-state index contributed by atoms with van der Waals surface area (Å²) in [6.45, 7) is 1.28. The van der Waals surface area contributed by atoms with Crippen molar-refractivity contribution in [2.75, 3.05) is 37.8 Å². The summed E-state index contributed by atoms with van der Waals surface area (Å²) in [7, 11) is 0. The molecule has 120 valence electrons. The van der Waals surface area contributed by atoms with Gasteiger partial charge in [-0.2, -0.15) is 0 Å². The molecule has 0 aliphatic carbocycles. The standard InChI is InChI=1S/C15H19ClN2O4/c16-12-1-3-13(4-2-12)18-10-11(9-14(18)20)15(21)17-5-7-22-8-6-19/h1-4,11,19H,5-10H2,(H,17,21). The molecule has 6 nitrogen and oxygen atoms in total. The van der Waals surface area contributed by atoms with Crippen LogP contribution in [0.5, 0.6) is 0 Å². The Bertz CT molecular complexity index is 521. The Morgan fingerprint density at radius 2 is 2.09 bits per heavy atom. The maximum Gasteiger partial charge on any atom is 0.227 e. The average Bonchev–Trinajstić information content (AvgIpc) is 2.90. The highest BCUT2D eigenvalue weighted by molar-refractivity contribution is 6.30. The average molecular weight is 327 g/mol. The number of halogens is 1. The van der Waals surface area contributed by atoms with Crippen LogP contribution >= 0.6 is 11.6 Å². The fourth-order valence-electron chi connectivity index (χ4n) is 2.31. The number of aliphatic hydroxyl groups is 1. The number of rotatable bonds is 7. The number of aliphatic hydroxyl groups excluding tert-OH is 1. The van der Waals surface area contributed by atoms with Crippen LogP contribution in [0.25, 0.3) is 0 Å². The van der Waals surface area contributed by atoms with Crippen LogP contribution in [0.15, 0.2) is 24.3 Å². The fourth-order valence-corrected chi connectivity index (χ4v) is 2.44. The Morgan fingerprint density at radius 3 is 2.77 bits per heavy atom. The number of hydrogen-bond donors (Lipinski definition) is 2. The van der Waals surface area contributed by atoms with Crippen LogP contribution in [0.4, 0.5) is 5.69 Å². The minimum absolute atomic E-state index is 0.0406. The molecule has 2 N–H and O–H groups in total. The number of amides is 2. The maximum absolute atomic E-state index is 12.1. The second kappa shape index (κ2) is 8.12. The van der Waals surface area contributed by atoms with Gasteiger partial charge in [-0.15, -0.1) is 0 Å². The van der Waals surface area contributed by atoms with Gasteiger partial charge in [0.1, 0.15) is 0 Å². The van der Waals surface area contributed by atoms with Crippen LogP contribution in [0.3, 0.4) is 0 Å². The van der Waals surface area contributed by atoms with Crippen molar-refractivity contribution in [1.29, 1.82) is 0 Å². The SMILES string of the molecule is O=C(NCCOCCO)C1CC(=O)N(c2ccc(Cl)cc2)C1. The first-order valence-electron chi connectivity index (χ1n) is 7.14. The van der Waals surface area contributed by atoms with Crippen molar-refractivity contribution in [3.63, 3.8) is 0 Å². The summed E-state index contributed by atoms with van der Waals surface area (Å²) < 4.78 is 5.06. The van der Waals surface area contributed by atoms with Crippen molar-refractivity contribution in [1.82, 2.24) is 5.32 Å². The van der Waals surface area contributed by atoms with E-state index in [0.717, 1.165) is 5.69 Å². The summed E-state index contributed by atoms with van der Waals surface area (Å²) in [6.07, 6.45) is 0.200. The molecule has 1 aliphatic rings. The highest BCUT2D eigenvalue weighted by atomic mass is 35.5. The van der Waals surface area contributed by atoms with Gasteiger partial charge in [0.2, 0.25) is 11.8 Å². The molecule has 2 rings (SSSR count). The summed E-state index contributed by atoms with van der Waals surface area (Å²) in [5, 5.41) is 11.9. The van der Waals surface area contributed by atoms with E-state index in [-0.39, 0.29) is 37.4 Å². The quantitative estimate of drug-likeness (QED) is 0.727. The van der Waals surface area contributed by atoms with Crippen molar-refractivity contribution in [3.8, 4) is 0 Å². The smallest absolute Gasteiger partial charge is 0.227 e. The number of nitrogens with zero attached hydrogens (tertiary/aromatic N) is 1. The van der Waals surface area contributed by atoms with Gasteiger partial charge in [-0.1, -0.05) is 11.6 Å². The van der Waals surface area contributed by atoms with Gasteiger partial charge in [0.25, 0.3) is 0 Å². The zero-order valence-electron chi connectivity index (χ0n) is 12.1. The maximum atomic E-state index is 12.1. The van der Waals surface area contributed by atoms with Gasteiger partial charge in [-0.3, -0.25) is 9.59 Å². The number of anilines is 1. The third-order valence-electron chi connectivity index (χ3n) is 3.42. The van der Waals surface area contributed by atoms with Gasteiger partial charge in [0.15, 0.2) is 0 Å². The number of carbonyl (C=O) groups is 2. The lowest BCUT2D eigenvalue weighted by Gasteiger charge is -2.16. The molecular weight excluding hydrogens is 308 g/mol. The lowest BCUT2D eigenvalue weighted by atomic mass is 10.1. The Hall–Kier alpha value is -1.63. The van der Waals surface area contributed by atoms with Crippen LogP contribution in [0.2, 0.25) is 5.02 Å². The first-order valence-corrected chi connectivity index (χ1v) is 7.52. The number of nitrogens with one attached hydrogen (secondary N) is 1. The molecule has 1 aromatic rings. The van der Waals surface area contributed by atoms with E-state index >= 15 is 0 Å². The van der Waals surface area contributed by atoms with Crippen LogP contribution in [-0.4, -0.2) is 49.8 Å². The van der Waals surface area contributed by atoms with Crippen LogP contribution in [0.1, 0.15) is 6.42 Å². The topological polar surface area (TPSA) is 78.9 Å². The normalized spacial score (nSPS) is 17.8. The van der Waals surface area contributed by atoms with E-state index in [1.165, 1.54) is 0 Å². The van der Waals surface area contributed by atoms with Gasteiger partial charge in [0, 0.05) is 30.2 Å². The fraction of sp³-hybridized carbons (Fsp3) is 0.467. The van der Waals surface area contributed by atoms with E-state index < -0.39 is 0 Å². The lowest BCUT2D eigenvalue weighted by Crippen LogP contribution is -2.35. The Balaban J connectivity index is 1.83. The van der Waals surface area contributed by atoms with Crippen molar-refractivity contribution < 1.29 is 19.4 Å². The molecule has 0 radical (unpaired) electrons. The molecule has 1 aliphatic heterocycles. The zero-order valence-corrected chi connectivity index (χ0v) is 12.9. The van der Waals surface area contributed by atoms with E-state index in [0.29, 0.717) is 24.7 Å². The van der Waals surface area contributed by atoms with Crippen molar-refractivity contribution in [2.45, 2.75) is 6.42 Å². The van der Waals surface area contributed by atoms with E-state index in [1.807, 2.05) is 0 Å². The lowest BCUT2D eigenvalue weighted by molar-refractivity contribution is -0.126. The van der Waals surface area contributed by atoms with E-state index in [4.69, 9.17) is 21.4 Å². The molecule has 1 aromatic carbocycles. The molecule has 0 aromatic heterocycles. The molecule has 1 atom stereocenters. The second-order valence-corrected chi connectivity index (χ2v) is 5.45. The summed E-state index contributed by atoms with van der Waals surface area (Å²) in [4.78, 5) is 25.7. The molecule has 22 heavy (non-hydrogen) atoms. The molecular formula is C15H19ClN2O4. The van der Waals surface area contributed by atoms with Gasteiger partial charge < -0.3 is 20.1 Å². The van der Waals surface area contributed by atoms with Gasteiger partial charge >= 0.3 is 0 Å². The minimum Gasteiger partial charge on any atom is -0.394 e. The summed E-state index contributed by atoms with van der Waals surface area (Å²) in [5.41, 5.74) is 0.746. The third kappa shape index (κ3) is 4.43. The molecule has 1 saturated heterocycles. The largest absolute Gasteiger partial charge is 0.394 e. The van der Waals surface area contributed by atoms with Crippen LogP contribution in [0, 0.1) is 5.92 Å². The van der Waals surface area contributed by atoms with Crippen LogP contribution < -0.4 is 10.2 Å². The van der Waals surface area contributed by atoms with Gasteiger partial charge in [-0.05, 0) is 24.3 Å². The van der Waals surface area contributed by atoms with Crippen molar-refractivity contribution in [2.24, 2.45) is 5.92 Å². The Morgan fingerprint density at radius 1 is 1.36 bits per heavy atom. The predicted octanol–water partition coefficient (Wildman–Crippen LogP) is 0.818. The molecule has 1 heterocycles. The first kappa shape index (κ1) is 16.7. The number of ether oxygens (including phenoxy) is 1. The van der Waals surface area contributed by atoms with Gasteiger partial charge in [0.05, 0.1) is 25.7 Å². The second-order valence-electron chi connectivity index (χ2n) is 5.01. The highest BCUT2D eigenvalue weighted by Gasteiger charge is 2.34. The van der Waals surface area contributed by atoms with E-state index in [9.17, 15) is 9.59 Å². The zero-order chi connectivity index (χ0) is 15.9. The van der Waals surface area contributed by atoms with E-state index in [2.05, 4.69) is 5.32 Å². The summed E-state index contributed by atoms with van der Waals surface area (Å²) >= 11 is 5.83. The third-order valence-corrected chi connectivity index (χ3v) is 3.67. The monoisotopic (exact) mass is 326 g/mol. The molecule has 0 spiro atoms. The molecule has 0 bridgehead atoms. The minimum atomic E-state index is -0.360. The molecule has 0 saturated carbocycles. The van der Waals surface area contributed by atoms with Crippen molar-refractivity contribution in [3.05, 3.63) is 29.3 Å². The Kier molecular flexibility index (Phi) is 6.18. The van der Waals surface area contributed by atoms with Crippen molar-refractivity contribution >= 4 is 29.1 Å². The highest BCUT2D eigenvalue weighted by Crippen LogP contribution is 2.26. The molecule has 1 fully saturated rings. The molecule has 2 amide bonds. The van der Waals surface area contributed by atoms with Gasteiger partial charge in [-0.25, -0.2) is 0 Å². The first-order chi connectivity index (χ1) is 10.6. The van der Waals surface area contributed by atoms with Crippen LogP contribution in [-0.2, 0) is 14.3 Å². The number of hydrogen-bond acceptors (Lipinski definition) is 4. The summed E-state index contributed by atoms with van der Waals surface area (Å²) in [5.74, 6) is -0.586. The van der Waals surface area contributed by atoms with E-state index in [1.54, 1.807) is 29.2 Å². The molecule has 7 heteroatoms. The number of carbonyl (C=O) groups excluding carboxylic acids is 2. The Labute approximate surface area is 134 Å².